The maximum absolute atomic E-state index is 13.3. The van der Waals surface area contributed by atoms with Gasteiger partial charge in [-0.1, -0.05) is 0 Å². The van der Waals surface area contributed by atoms with Crippen molar-refractivity contribution in [1.29, 1.82) is 0 Å². The van der Waals surface area contributed by atoms with Crippen LogP contribution in [-0.4, -0.2) is 9.78 Å². The first-order valence-corrected chi connectivity index (χ1v) is 6.89. The maximum Gasteiger partial charge on any atom is 0.134 e. The zero-order chi connectivity index (χ0) is 15.1. The molecule has 2 aromatic heterocycles. The van der Waals surface area contributed by atoms with Gasteiger partial charge in [0, 0.05) is 30.1 Å². The van der Waals surface area contributed by atoms with Crippen LogP contribution in [-0.2, 0) is 13.5 Å². The van der Waals surface area contributed by atoms with E-state index >= 15 is 0 Å². The summed E-state index contributed by atoms with van der Waals surface area (Å²) in [6.07, 6.45) is 0.625. The summed E-state index contributed by atoms with van der Waals surface area (Å²) >= 11 is 0. The topological polar surface area (TPSA) is 57.0 Å². The number of aryl methyl sites for hydroxylation is 3. The van der Waals surface area contributed by atoms with Gasteiger partial charge in [-0.05, 0) is 38.1 Å². The van der Waals surface area contributed by atoms with E-state index in [9.17, 15) is 4.39 Å². The van der Waals surface area contributed by atoms with E-state index in [1.54, 1.807) is 6.07 Å². The molecular weight excluding hydrogens is 269 g/mol. The molecule has 0 spiro atoms. The Bertz CT molecular complexity index is 803. The molecule has 2 heterocycles. The molecule has 0 saturated heterocycles. The summed E-state index contributed by atoms with van der Waals surface area (Å²) in [6, 6.07) is 6.25. The Morgan fingerprint density at radius 3 is 2.76 bits per heavy atom. The molecule has 0 saturated carbocycles. The molecule has 21 heavy (non-hydrogen) atoms. The van der Waals surface area contributed by atoms with Crippen molar-refractivity contribution in [2.45, 2.75) is 26.3 Å². The normalized spacial score (nSPS) is 13.0. The molecule has 1 atom stereocenters. The van der Waals surface area contributed by atoms with E-state index in [0.717, 1.165) is 22.3 Å². The first kappa shape index (κ1) is 13.8. The SMILES string of the molecule is Cc1cc(CC(N)c2oc3ccc(F)cc3c2C)n(C)n1. The van der Waals surface area contributed by atoms with Crippen molar-refractivity contribution in [3.05, 3.63) is 52.8 Å². The van der Waals surface area contributed by atoms with Gasteiger partial charge < -0.3 is 10.2 Å². The van der Waals surface area contributed by atoms with Gasteiger partial charge in [-0.2, -0.15) is 5.10 Å². The first-order chi connectivity index (χ1) is 9.95. The lowest BCUT2D eigenvalue weighted by atomic mass is 10.0. The Labute approximate surface area is 122 Å². The van der Waals surface area contributed by atoms with Crippen LogP contribution in [0.15, 0.2) is 28.7 Å². The van der Waals surface area contributed by atoms with Crippen LogP contribution in [0.25, 0.3) is 11.0 Å². The average molecular weight is 287 g/mol. The van der Waals surface area contributed by atoms with Crippen LogP contribution in [0.5, 0.6) is 0 Å². The van der Waals surface area contributed by atoms with Crippen molar-refractivity contribution < 1.29 is 8.81 Å². The van der Waals surface area contributed by atoms with Crippen molar-refractivity contribution in [1.82, 2.24) is 9.78 Å². The summed E-state index contributed by atoms with van der Waals surface area (Å²) in [7, 11) is 1.90. The molecule has 0 fully saturated rings. The standard InChI is InChI=1S/C16H18FN3O/c1-9-6-12(20(3)19-9)8-14(18)16-10(2)13-7-11(17)4-5-15(13)21-16/h4-7,14H,8,18H2,1-3H3. The average Bonchev–Trinajstić information content (AvgIpc) is 2.91. The summed E-state index contributed by atoms with van der Waals surface area (Å²) in [4.78, 5) is 0. The predicted octanol–water partition coefficient (Wildman–Crippen LogP) is 3.16. The van der Waals surface area contributed by atoms with Gasteiger partial charge in [0.25, 0.3) is 0 Å². The van der Waals surface area contributed by atoms with Crippen LogP contribution in [0.1, 0.15) is 28.8 Å². The van der Waals surface area contributed by atoms with Crippen molar-refractivity contribution in [3.63, 3.8) is 0 Å². The summed E-state index contributed by atoms with van der Waals surface area (Å²) in [5.41, 5.74) is 9.85. The third kappa shape index (κ3) is 2.45. The van der Waals surface area contributed by atoms with E-state index in [2.05, 4.69) is 5.10 Å². The predicted molar refractivity (Wildman–Crippen MR) is 79.5 cm³/mol. The summed E-state index contributed by atoms with van der Waals surface area (Å²) in [6.45, 7) is 3.86. The van der Waals surface area contributed by atoms with Crippen LogP contribution < -0.4 is 5.73 Å². The Balaban J connectivity index is 1.96. The number of aromatic nitrogens is 2. The minimum Gasteiger partial charge on any atom is -0.459 e. The van der Waals surface area contributed by atoms with Crippen molar-refractivity contribution in [3.8, 4) is 0 Å². The van der Waals surface area contributed by atoms with Gasteiger partial charge in [0.2, 0.25) is 0 Å². The molecule has 0 amide bonds. The zero-order valence-corrected chi connectivity index (χ0v) is 12.4. The number of rotatable bonds is 3. The lowest BCUT2D eigenvalue weighted by molar-refractivity contribution is 0.482. The second kappa shape index (κ2) is 5.00. The van der Waals surface area contributed by atoms with Gasteiger partial charge >= 0.3 is 0 Å². The lowest BCUT2D eigenvalue weighted by Gasteiger charge is -2.10. The summed E-state index contributed by atoms with van der Waals surface area (Å²) in [5.74, 6) is 0.434. The molecule has 0 aliphatic rings. The van der Waals surface area contributed by atoms with Crippen LogP contribution in [0.2, 0.25) is 0 Å². The Hall–Kier alpha value is -2.14. The van der Waals surface area contributed by atoms with Crippen LogP contribution in [0, 0.1) is 19.7 Å². The fourth-order valence-electron chi connectivity index (χ4n) is 2.74. The number of hydrogen-bond acceptors (Lipinski definition) is 3. The van der Waals surface area contributed by atoms with Crippen molar-refractivity contribution >= 4 is 11.0 Å². The third-order valence-electron chi connectivity index (χ3n) is 3.80. The van der Waals surface area contributed by atoms with Crippen LogP contribution in [0.4, 0.5) is 4.39 Å². The highest BCUT2D eigenvalue weighted by molar-refractivity contribution is 5.82. The van der Waals surface area contributed by atoms with E-state index in [0.29, 0.717) is 17.8 Å². The van der Waals surface area contributed by atoms with Gasteiger partial charge in [-0.15, -0.1) is 0 Å². The molecule has 0 radical (unpaired) electrons. The Morgan fingerprint density at radius 1 is 1.33 bits per heavy atom. The smallest absolute Gasteiger partial charge is 0.134 e. The zero-order valence-electron chi connectivity index (χ0n) is 12.4. The molecule has 4 nitrogen and oxygen atoms in total. The molecule has 5 heteroatoms. The molecule has 1 aromatic carbocycles. The molecular formula is C16H18FN3O. The van der Waals surface area contributed by atoms with Gasteiger partial charge in [0.1, 0.15) is 17.2 Å². The Morgan fingerprint density at radius 2 is 2.10 bits per heavy atom. The highest BCUT2D eigenvalue weighted by atomic mass is 19.1. The van der Waals surface area contributed by atoms with E-state index in [4.69, 9.17) is 10.2 Å². The van der Waals surface area contributed by atoms with E-state index in [-0.39, 0.29) is 11.9 Å². The van der Waals surface area contributed by atoms with Gasteiger partial charge in [0.15, 0.2) is 0 Å². The molecule has 3 aromatic rings. The number of furan rings is 1. The second-order valence-electron chi connectivity index (χ2n) is 5.44. The van der Waals surface area contributed by atoms with E-state index < -0.39 is 0 Å². The maximum atomic E-state index is 13.3. The van der Waals surface area contributed by atoms with Crippen molar-refractivity contribution in [2.24, 2.45) is 12.8 Å². The van der Waals surface area contributed by atoms with E-state index in [1.807, 2.05) is 31.6 Å². The number of nitrogens with two attached hydrogens (primary N) is 1. The minimum atomic E-state index is -0.282. The first-order valence-electron chi connectivity index (χ1n) is 6.89. The summed E-state index contributed by atoms with van der Waals surface area (Å²) in [5, 5.41) is 5.09. The Kier molecular flexibility index (Phi) is 3.29. The number of hydrogen-bond donors (Lipinski definition) is 1. The molecule has 2 N–H and O–H groups in total. The number of benzene rings is 1. The molecule has 0 aliphatic heterocycles. The molecule has 0 aliphatic carbocycles. The molecule has 110 valence electrons. The van der Waals surface area contributed by atoms with Crippen molar-refractivity contribution in [2.75, 3.05) is 0 Å². The highest BCUT2D eigenvalue weighted by Gasteiger charge is 2.19. The van der Waals surface area contributed by atoms with E-state index in [1.165, 1.54) is 12.1 Å². The van der Waals surface area contributed by atoms with Gasteiger partial charge in [-0.25, -0.2) is 4.39 Å². The molecule has 0 bridgehead atoms. The quantitative estimate of drug-likeness (QED) is 0.805. The highest BCUT2D eigenvalue weighted by Crippen LogP contribution is 2.30. The van der Waals surface area contributed by atoms with Gasteiger partial charge in [0.05, 0.1) is 11.7 Å². The number of halogens is 1. The number of fused-ring (bicyclic) bond motifs is 1. The fourth-order valence-corrected chi connectivity index (χ4v) is 2.74. The number of nitrogens with zero attached hydrogens (tertiary/aromatic N) is 2. The van der Waals surface area contributed by atoms with Crippen LogP contribution in [0.3, 0.4) is 0 Å². The molecule has 3 rings (SSSR count). The fraction of sp³-hybridized carbons (Fsp3) is 0.312. The third-order valence-corrected chi connectivity index (χ3v) is 3.80. The lowest BCUT2D eigenvalue weighted by Crippen LogP contribution is -2.15. The van der Waals surface area contributed by atoms with Crippen LogP contribution >= 0.6 is 0 Å². The minimum absolute atomic E-state index is 0.270. The largest absolute Gasteiger partial charge is 0.459 e. The molecule has 1 unspecified atom stereocenters. The monoisotopic (exact) mass is 287 g/mol. The second-order valence-corrected chi connectivity index (χ2v) is 5.44. The van der Waals surface area contributed by atoms with Gasteiger partial charge in [-0.3, -0.25) is 4.68 Å². The summed E-state index contributed by atoms with van der Waals surface area (Å²) < 4.78 is 21.0.